The number of aryl methyl sites for hydroxylation is 1. The molecule has 1 fully saturated rings. The quantitative estimate of drug-likeness (QED) is 0.406. The van der Waals surface area contributed by atoms with Crippen LogP contribution in [-0.4, -0.2) is 49.4 Å². The van der Waals surface area contributed by atoms with Crippen molar-refractivity contribution in [3.8, 4) is 5.75 Å². The van der Waals surface area contributed by atoms with Gasteiger partial charge in [0, 0.05) is 25.8 Å². The maximum Gasteiger partial charge on any atom is 0.347 e. The molecular weight excluding hydrogens is 456 g/mol. The van der Waals surface area contributed by atoms with E-state index in [9.17, 15) is 14.7 Å². The van der Waals surface area contributed by atoms with Crippen LogP contribution in [0.15, 0.2) is 42.5 Å². The second kappa shape index (κ2) is 13.3. The van der Waals surface area contributed by atoms with E-state index in [1.54, 1.807) is 12.1 Å². The van der Waals surface area contributed by atoms with Crippen LogP contribution in [0.4, 0.5) is 11.4 Å². The summed E-state index contributed by atoms with van der Waals surface area (Å²) in [6.45, 7) is 7.21. The van der Waals surface area contributed by atoms with E-state index in [4.69, 9.17) is 9.47 Å². The number of ether oxygens (including phenoxy) is 2. The highest BCUT2D eigenvalue weighted by Gasteiger charge is 2.26. The van der Waals surface area contributed by atoms with Crippen molar-refractivity contribution >= 4 is 23.3 Å². The zero-order valence-corrected chi connectivity index (χ0v) is 22.0. The monoisotopic (exact) mass is 496 g/mol. The largest absolute Gasteiger partial charge is 0.478 e. The fourth-order valence-corrected chi connectivity index (χ4v) is 4.73. The summed E-state index contributed by atoms with van der Waals surface area (Å²) >= 11 is 0. The molecule has 2 N–H and O–H groups in total. The summed E-state index contributed by atoms with van der Waals surface area (Å²) in [5, 5.41) is 12.6. The predicted molar refractivity (Wildman–Crippen MR) is 143 cm³/mol. The van der Waals surface area contributed by atoms with Crippen molar-refractivity contribution in [3.63, 3.8) is 0 Å². The number of hydrogen-bond acceptors (Lipinski definition) is 5. The highest BCUT2D eigenvalue weighted by molar-refractivity contribution is 5.96. The van der Waals surface area contributed by atoms with Crippen molar-refractivity contribution in [2.75, 3.05) is 30.5 Å². The van der Waals surface area contributed by atoms with Crippen LogP contribution < -0.4 is 15.0 Å². The Balaban J connectivity index is 1.93. The Morgan fingerprint density at radius 2 is 1.78 bits per heavy atom. The van der Waals surface area contributed by atoms with Crippen LogP contribution in [0.3, 0.4) is 0 Å². The van der Waals surface area contributed by atoms with Gasteiger partial charge in [-0.15, -0.1) is 0 Å². The van der Waals surface area contributed by atoms with Crippen molar-refractivity contribution in [2.24, 2.45) is 5.92 Å². The van der Waals surface area contributed by atoms with E-state index in [1.807, 2.05) is 37.3 Å². The number of carboxylic acid groups (broad SMARTS) is 1. The number of anilines is 2. The molecule has 0 bridgehead atoms. The van der Waals surface area contributed by atoms with Crippen LogP contribution in [0.5, 0.6) is 5.75 Å². The molecule has 1 saturated carbocycles. The Labute approximate surface area is 214 Å². The maximum absolute atomic E-state index is 13.1. The molecule has 3 rings (SSSR count). The second-order valence-electron chi connectivity index (χ2n) is 10.1. The van der Waals surface area contributed by atoms with Gasteiger partial charge in [0.1, 0.15) is 5.75 Å². The van der Waals surface area contributed by atoms with E-state index < -0.39 is 12.1 Å². The first-order valence-electron chi connectivity index (χ1n) is 12.9. The van der Waals surface area contributed by atoms with Crippen molar-refractivity contribution < 1.29 is 24.2 Å². The fraction of sp³-hybridized carbons (Fsp3) is 0.517. The third kappa shape index (κ3) is 7.98. The summed E-state index contributed by atoms with van der Waals surface area (Å²) in [6, 6.07) is 13.8. The van der Waals surface area contributed by atoms with Gasteiger partial charge in [0.25, 0.3) is 0 Å². The fourth-order valence-electron chi connectivity index (χ4n) is 4.73. The van der Waals surface area contributed by atoms with Gasteiger partial charge in [-0.2, -0.15) is 0 Å². The Hall–Kier alpha value is -3.06. The van der Waals surface area contributed by atoms with E-state index in [0.29, 0.717) is 23.4 Å². The number of nitrogens with one attached hydrogen (secondary N) is 1. The van der Waals surface area contributed by atoms with Gasteiger partial charge in [-0.05, 0) is 43.4 Å². The molecule has 2 aromatic rings. The minimum absolute atomic E-state index is 0.0756. The first-order valence-corrected chi connectivity index (χ1v) is 12.9. The van der Waals surface area contributed by atoms with Gasteiger partial charge in [-0.25, -0.2) is 4.79 Å². The standard InChI is InChI=1S/C29H40N2O5/c1-20(2)18-31(23-8-6-5-7-9-23)26-15-14-24(36-27(19-35-4)29(33)34)17-25(26)30-28(32)16-22-12-10-21(3)11-13-22/h10-15,17,20,23,27H,5-9,16,18-19H2,1-4H3,(H,30,32)(H,33,34). The summed E-state index contributed by atoms with van der Waals surface area (Å²) in [7, 11) is 1.44. The second-order valence-corrected chi connectivity index (χ2v) is 10.1. The highest BCUT2D eigenvalue weighted by atomic mass is 16.5. The average Bonchev–Trinajstić information content (AvgIpc) is 2.84. The Morgan fingerprint density at radius 3 is 2.39 bits per heavy atom. The number of carbonyl (C=O) groups excluding carboxylic acids is 1. The number of carboxylic acids is 1. The minimum Gasteiger partial charge on any atom is -0.478 e. The number of methoxy groups -OCH3 is 1. The van der Waals surface area contributed by atoms with E-state index in [-0.39, 0.29) is 18.9 Å². The van der Waals surface area contributed by atoms with Gasteiger partial charge in [-0.3, -0.25) is 4.79 Å². The van der Waals surface area contributed by atoms with Crippen molar-refractivity contribution in [1.29, 1.82) is 0 Å². The number of aliphatic carboxylic acids is 1. The molecule has 36 heavy (non-hydrogen) atoms. The number of carbonyl (C=O) groups is 2. The molecule has 1 atom stereocenters. The van der Waals surface area contributed by atoms with E-state index in [1.165, 1.54) is 26.4 Å². The predicted octanol–water partition coefficient (Wildman–Crippen LogP) is 5.45. The first-order chi connectivity index (χ1) is 17.3. The van der Waals surface area contributed by atoms with Gasteiger partial charge in [0.2, 0.25) is 12.0 Å². The van der Waals surface area contributed by atoms with Crippen molar-refractivity contribution in [2.45, 2.75) is 71.4 Å². The first kappa shape index (κ1) is 27.5. The zero-order chi connectivity index (χ0) is 26.1. The van der Waals surface area contributed by atoms with Gasteiger partial charge in [0.05, 0.1) is 24.4 Å². The van der Waals surface area contributed by atoms with Crippen LogP contribution >= 0.6 is 0 Å². The average molecular weight is 497 g/mol. The molecule has 0 aliphatic heterocycles. The van der Waals surface area contributed by atoms with Crippen molar-refractivity contribution in [3.05, 3.63) is 53.6 Å². The minimum atomic E-state index is -1.14. The summed E-state index contributed by atoms with van der Waals surface area (Å²) in [5.41, 5.74) is 3.66. The lowest BCUT2D eigenvalue weighted by Crippen LogP contribution is -2.40. The Morgan fingerprint density at radius 1 is 1.08 bits per heavy atom. The zero-order valence-electron chi connectivity index (χ0n) is 22.0. The molecule has 1 aliphatic rings. The van der Waals surface area contributed by atoms with Gasteiger partial charge < -0.3 is 24.8 Å². The maximum atomic E-state index is 13.1. The van der Waals surface area contributed by atoms with Crippen LogP contribution in [0.2, 0.25) is 0 Å². The van der Waals surface area contributed by atoms with Gasteiger partial charge >= 0.3 is 5.97 Å². The van der Waals surface area contributed by atoms with E-state index in [2.05, 4.69) is 24.1 Å². The molecule has 0 saturated heterocycles. The van der Waals surface area contributed by atoms with Gasteiger partial charge in [-0.1, -0.05) is 62.9 Å². The topological polar surface area (TPSA) is 88.1 Å². The lowest BCUT2D eigenvalue weighted by molar-refractivity contribution is -0.147. The van der Waals surface area contributed by atoms with Crippen molar-refractivity contribution in [1.82, 2.24) is 0 Å². The molecule has 0 aromatic heterocycles. The number of benzene rings is 2. The molecule has 1 aliphatic carbocycles. The lowest BCUT2D eigenvalue weighted by atomic mass is 9.93. The van der Waals surface area contributed by atoms with Crippen LogP contribution in [0, 0.1) is 12.8 Å². The van der Waals surface area contributed by atoms with Crippen LogP contribution in [-0.2, 0) is 20.7 Å². The Bertz CT molecular complexity index is 999. The molecular formula is C29H40N2O5. The SMILES string of the molecule is COCC(Oc1ccc(N(CC(C)C)C2CCCCC2)c(NC(=O)Cc2ccc(C)cc2)c1)C(=O)O. The molecule has 7 nitrogen and oxygen atoms in total. The van der Waals surface area contributed by atoms with E-state index in [0.717, 1.165) is 36.2 Å². The number of hydrogen-bond donors (Lipinski definition) is 2. The van der Waals surface area contributed by atoms with Crippen LogP contribution in [0.25, 0.3) is 0 Å². The third-order valence-corrected chi connectivity index (χ3v) is 6.49. The normalized spacial score (nSPS) is 14.9. The Kier molecular flexibility index (Phi) is 10.2. The smallest absolute Gasteiger partial charge is 0.347 e. The van der Waals surface area contributed by atoms with Crippen LogP contribution in [0.1, 0.15) is 57.1 Å². The lowest BCUT2D eigenvalue weighted by Gasteiger charge is -2.38. The molecule has 0 radical (unpaired) electrons. The third-order valence-electron chi connectivity index (χ3n) is 6.49. The molecule has 1 unspecified atom stereocenters. The van der Waals surface area contributed by atoms with Gasteiger partial charge in [0.15, 0.2) is 0 Å². The summed E-state index contributed by atoms with van der Waals surface area (Å²) < 4.78 is 10.7. The summed E-state index contributed by atoms with van der Waals surface area (Å²) in [5.74, 6) is -0.411. The summed E-state index contributed by atoms with van der Waals surface area (Å²) in [4.78, 5) is 27.1. The number of nitrogens with zero attached hydrogens (tertiary/aromatic N) is 1. The molecule has 7 heteroatoms. The molecule has 196 valence electrons. The number of amides is 1. The summed E-state index contributed by atoms with van der Waals surface area (Å²) in [6.07, 6.45) is 5.02. The molecule has 2 aromatic carbocycles. The molecule has 1 amide bonds. The van der Waals surface area contributed by atoms with E-state index >= 15 is 0 Å². The number of rotatable bonds is 12. The molecule has 0 heterocycles. The highest BCUT2D eigenvalue weighted by Crippen LogP contribution is 2.36. The molecule has 0 spiro atoms.